The van der Waals surface area contributed by atoms with Gasteiger partial charge in [0.25, 0.3) is 5.91 Å². The standard InChI is InChI=1S/C21H26N2O2S/c1-14-7-5-9-17(13-14)20(24)23-19(11-12-26-4)21(25)22-18-10-6-8-15(2)16(18)3/h5-10,13,19H,11-12H2,1-4H3,(H,22,25)(H,23,24). The number of thioether (sulfide) groups is 1. The maximum absolute atomic E-state index is 12.8. The molecule has 0 saturated heterocycles. The van der Waals surface area contributed by atoms with Gasteiger partial charge in [0, 0.05) is 11.3 Å². The Morgan fingerprint density at radius 3 is 2.50 bits per heavy atom. The van der Waals surface area contributed by atoms with Crippen molar-refractivity contribution in [2.24, 2.45) is 0 Å². The molecule has 1 unspecified atom stereocenters. The van der Waals surface area contributed by atoms with Crippen LogP contribution in [-0.4, -0.2) is 29.9 Å². The highest BCUT2D eigenvalue weighted by Gasteiger charge is 2.22. The molecule has 0 fully saturated rings. The minimum atomic E-state index is -0.574. The Kier molecular flexibility index (Phi) is 7.27. The molecular formula is C21H26N2O2S. The van der Waals surface area contributed by atoms with E-state index in [1.807, 2.05) is 63.4 Å². The summed E-state index contributed by atoms with van der Waals surface area (Å²) in [5.41, 5.74) is 4.52. The highest BCUT2D eigenvalue weighted by atomic mass is 32.2. The Bertz CT molecular complexity index is 789. The third-order valence-corrected chi connectivity index (χ3v) is 5.02. The van der Waals surface area contributed by atoms with Crippen molar-refractivity contribution in [2.75, 3.05) is 17.3 Å². The van der Waals surface area contributed by atoms with E-state index < -0.39 is 6.04 Å². The number of hydrogen-bond donors (Lipinski definition) is 2. The van der Waals surface area contributed by atoms with Gasteiger partial charge in [0.15, 0.2) is 0 Å². The average molecular weight is 371 g/mol. The third kappa shape index (κ3) is 5.36. The van der Waals surface area contributed by atoms with Crippen LogP contribution in [0, 0.1) is 20.8 Å². The van der Waals surface area contributed by atoms with Crippen LogP contribution in [0.25, 0.3) is 0 Å². The van der Waals surface area contributed by atoms with E-state index in [0.29, 0.717) is 12.0 Å². The number of amides is 2. The molecule has 0 aliphatic heterocycles. The summed E-state index contributed by atoms with van der Waals surface area (Å²) >= 11 is 1.65. The summed E-state index contributed by atoms with van der Waals surface area (Å²) in [5, 5.41) is 5.85. The Morgan fingerprint density at radius 1 is 1.08 bits per heavy atom. The van der Waals surface area contributed by atoms with Crippen molar-refractivity contribution in [3.63, 3.8) is 0 Å². The van der Waals surface area contributed by atoms with Crippen LogP contribution in [0.1, 0.15) is 33.5 Å². The molecule has 0 aliphatic carbocycles. The topological polar surface area (TPSA) is 58.2 Å². The van der Waals surface area contributed by atoms with Crippen LogP contribution in [0.4, 0.5) is 5.69 Å². The molecule has 0 aromatic heterocycles. The lowest BCUT2D eigenvalue weighted by molar-refractivity contribution is -0.118. The SMILES string of the molecule is CSCCC(NC(=O)c1cccc(C)c1)C(=O)Nc1cccc(C)c1C. The number of rotatable bonds is 7. The number of carbonyl (C=O) groups is 2. The second-order valence-corrected chi connectivity index (χ2v) is 7.40. The molecule has 2 amide bonds. The number of nitrogens with one attached hydrogen (secondary N) is 2. The second-order valence-electron chi connectivity index (χ2n) is 6.41. The number of aryl methyl sites for hydroxylation is 2. The summed E-state index contributed by atoms with van der Waals surface area (Å²) in [7, 11) is 0. The van der Waals surface area contributed by atoms with E-state index in [1.54, 1.807) is 17.8 Å². The van der Waals surface area contributed by atoms with Gasteiger partial charge in [-0.3, -0.25) is 9.59 Å². The van der Waals surface area contributed by atoms with Crippen LogP contribution < -0.4 is 10.6 Å². The van der Waals surface area contributed by atoms with Crippen LogP contribution in [0.15, 0.2) is 42.5 Å². The predicted molar refractivity (Wildman–Crippen MR) is 110 cm³/mol. The first kappa shape index (κ1) is 20.0. The zero-order chi connectivity index (χ0) is 19.1. The minimum absolute atomic E-state index is 0.186. The molecule has 0 bridgehead atoms. The Morgan fingerprint density at radius 2 is 1.81 bits per heavy atom. The molecule has 0 saturated carbocycles. The van der Waals surface area contributed by atoms with E-state index in [9.17, 15) is 9.59 Å². The lowest BCUT2D eigenvalue weighted by Gasteiger charge is -2.19. The van der Waals surface area contributed by atoms with E-state index in [2.05, 4.69) is 10.6 Å². The average Bonchev–Trinajstić information content (AvgIpc) is 2.62. The monoisotopic (exact) mass is 370 g/mol. The largest absolute Gasteiger partial charge is 0.340 e. The zero-order valence-corrected chi connectivity index (χ0v) is 16.6. The van der Waals surface area contributed by atoms with Crippen LogP contribution in [0.5, 0.6) is 0 Å². The minimum Gasteiger partial charge on any atom is -0.340 e. The number of anilines is 1. The normalized spacial score (nSPS) is 11.7. The molecule has 1 atom stereocenters. The lowest BCUT2D eigenvalue weighted by Crippen LogP contribution is -2.44. The fourth-order valence-corrected chi connectivity index (χ4v) is 3.11. The quantitative estimate of drug-likeness (QED) is 0.771. The summed E-state index contributed by atoms with van der Waals surface area (Å²) < 4.78 is 0. The van der Waals surface area contributed by atoms with Crippen LogP contribution in [0.2, 0.25) is 0 Å². The molecule has 138 valence electrons. The van der Waals surface area contributed by atoms with Crippen molar-refractivity contribution >= 4 is 29.3 Å². The fraction of sp³-hybridized carbons (Fsp3) is 0.333. The van der Waals surface area contributed by atoms with Gasteiger partial charge in [-0.2, -0.15) is 11.8 Å². The summed E-state index contributed by atoms with van der Waals surface area (Å²) in [5.74, 6) is 0.378. The van der Waals surface area contributed by atoms with Gasteiger partial charge >= 0.3 is 0 Å². The van der Waals surface area contributed by atoms with Crippen LogP contribution in [0.3, 0.4) is 0 Å². The van der Waals surface area contributed by atoms with Crippen molar-refractivity contribution in [2.45, 2.75) is 33.2 Å². The third-order valence-electron chi connectivity index (χ3n) is 4.38. The smallest absolute Gasteiger partial charge is 0.251 e. The van der Waals surface area contributed by atoms with Crippen molar-refractivity contribution in [1.29, 1.82) is 0 Å². The van der Waals surface area contributed by atoms with Crippen molar-refractivity contribution < 1.29 is 9.59 Å². The molecule has 2 N–H and O–H groups in total. The van der Waals surface area contributed by atoms with Gasteiger partial charge in [-0.25, -0.2) is 0 Å². The molecular weight excluding hydrogens is 344 g/mol. The van der Waals surface area contributed by atoms with Crippen molar-refractivity contribution in [1.82, 2.24) is 5.32 Å². The van der Waals surface area contributed by atoms with Gasteiger partial charge in [0.2, 0.25) is 5.91 Å². The first-order valence-electron chi connectivity index (χ1n) is 8.66. The van der Waals surface area contributed by atoms with Gasteiger partial charge in [-0.05, 0) is 68.5 Å². The van der Waals surface area contributed by atoms with E-state index in [0.717, 1.165) is 28.1 Å². The second kappa shape index (κ2) is 9.43. The molecule has 2 rings (SSSR count). The van der Waals surface area contributed by atoms with Gasteiger partial charge in [0.1, 0.15) is 6.04 Å². The van der Waals surface area contributed by atoms with Gasteiger partial charge in [-0.1, -0.05) is 29.8 Å². The predicted octanol–water partition coefficient (Wildman–Crippen LogP) is 4.10. The number of carbonyl (C=O) groups excluding carboxylic acids is 2. The van der Waals surface area contributed by atoms with E-state index >= 15 is 0 Å². The van der Waals surface area contributed by atoms with E-state index in [1.165, 1.54) is 0 Å². The lowest BCUT2D eigenvalue weighted by atomic mass is 10.1. The first-order valence-corrected chi connectivity index (χ1v) is 10.1. The van der Waals surface area contributed by atoms with E-state index in [4.69, 9.17) is 0 Å². The maximum atomic E-state index is 12.8. The molecule has 0 spiro atoms. The van der Waals surface area contributed by atoms with Crippen molar-refractivity contribution in [3.8, 4) is 0 Å². The van der Waals surface area contributed by atoms with Gasteiger partial charge < -0.3 is 10.6 Å². The first-order chi connectivity index (χ1) is 12.4. The van der Waals surface area contributed by atoms with Gasteiger partial charge in [-0.15, -0.1) is 0 Å². The molecule has 0 aliphatic rings. The van der Waals surface area contributed by atoms with Crippen LogP contribution in [-0.2, 0) is 4.79 Å². The highest BCUT2D eigenvalue weighted by Crippen LogP contribution is 2.18. The molecule has 0 heterocycles. The molecule has 0 radical (unpaired) electrons. The summed E-state index contributed by atoms with van der Waals surface area (Å²) in [6.45, 7) is 5.93. The zero-order valence-electron chi connectivity index (χ0n) is 15.8. The summed E-state index contributed by atoms with van der Waals surface area (Å²) in [6.07, 6.45) is 2.57. The summed E-state index contributed by atoms with van der Waals surface area (Å²) in [6, 6.07) is 12.6. The van der Waals surface area contributed by atoms with Crippen LogP contribution >= 0.6 is 11.8 Å². The molecule has 5 heteroatoms. The van der Waals surface area contributed by atoms with Crippen molar-refractivity contribution in [3.05, 3.63) is 64.7 Å². The Labute approximate surface area is 159 Å². The summed E-state index contributed by atoms with van der Waals surface area (Å²) in [4.78, 5) is 25.3. The molecule has 2 aromatic rings. The van der Waals surface area contributed by atoms with Gasteiger partial charge in [0.05, 0.1) is 0 Å². The molecule has 26 heavy (non-hydrogen) atoms. The Balaban J connectivity index is 2.13. The molecule has 2 aromatic carbocycles. The fourth-order valence-electron chi connectivity index (χ4n) is 2.64. The maximum Gasteiger partial charge on any atom is 0.251 e. The molecule has 4 nitrogen and oxygen atoms in total. The number of benzene rings is 2. The Hall–Kier alpha value is -2.27. The van der Waals surface area contributed by atoms with E-state index in [-0.39, 0.29) is 11.8 Å². The number of hydrogen-bond acceptors (Lipinski definition) is 3. The highest BCUT2D eigenvalue weighted by molar-refractivity contribution is 7.98.